The van der Waals surface area contributed by atoms with Crippen molar-refractivity contribution in [2.24, 2.45) is 0 Å². The van der Waals surface area contributed by atoms with Gasteiger partial charge < -0.3 is 20.4 Å². The van der Waals surface area contributed by atoms with Crippen LogP contribution in [0, 0.1) is 6.92 Å². The molecule has 0 spiro atoms. The van der Waals surface area contributed by atoms with E-state index in [-0.39, 0.29) is 18.3 Å². The highest BCUT2D eigenvalue weighted by atomic mass is 35.5. The van der Waals surface area contributed by atoms with E-state index in [2.05, 4.69) is 14.6 Å². The first-order valence-corrected chi connectivity index (χ1v) is 10.2. The molecular weight excluding hydrogens is 398 g/mol. The highest BCUT2D eigenvalue weighted by molar-refractivity contribution is 7.06. The van der Waals surface area contributed by atoms with Crippen molar-refractivity contribution in [2.45, 2.75) is 44.3 Å². The maximum Gasteiger partial charge on any atom is 0.224 e. The Morgan fingerprint density at radius 2 is 2.04 bits per heavy atom. The summed E-state index contributed by atoms with van der Waals surface area (Å²) in [4.78, 5) is 14.6. The molecule has 3 heterocycles. The number of carbonyl (C=O) groups excluding carboxylic acids is 1. The summed E-state index contributed by atoms with van der Waals surface area (Å²) >= 11 is 1.38. The predicted octanol–water partition coefficient (Wildman–Crippen LogP) is 2.78. The van der Waals surface area contributed by atoms with E-state index in [1.165, 1.54) is 11.5 Å². The molecule has 1 unspecified atom stereocenters. The van der Waals surface area contributed by atoms with Crippen LogP contribution in [0.4, 0.5) is 5.69 Å². The second-order valence-corrected chi connectivity index (χ2v) is 8.45. The van der Waals surface area contributed by atoms with Crippen LogP contribution in [0.2, 0.25) is 0 Å². The molecule has 152 valence electrons. The van der Waals surface area contributed by atoms with Crippen molar-refractivity contribution in [3.8, 4) is 0 Å². The number of hydrogen-bond acceptors (Lipinski definition) is 6. The number of β-amino-alcohol motifs (C(OH)–C–C–N with tert-alkyl or cyclic N) is 1. The molecule has 3 N–H and O–H groups in total. The summed E-state index contributed by atoms with van der Waals surface area (Å²) in [5.41, 5.74) is 2.97. The molecule has 4 rings (SSSR count). The Labute approximate surface area is 175 Å². The summed E-state index contributed by atoms with van der Waals surface area (Å²) in [5, 5.41) is 24.5. The molecule has 28 heavy (non-hydrogen) atoms. The molecule has 1 fully saturated rings. The second-order valence-electron chi connectivity index (χ2n) is 7.65. The summed E-state index contributed by atoms with van der Waals surface area (Å²) in [6.45, 7) is 3.97. The highest BCUT2D eigenvalue weighted by Gasteiger charge is 2.36. The van der Waals surface area contributed by atoms with Gasteiger partial charge in [-0.15, -0.1) is 12.4 Å². The number of aryl methyl sites for hydroxylation is 2. The van der Waals surface area contributed by atoms with E-state index in [9.17, 15) is 15.0 Å². The number of rotatable bonds is 4. The number of carbonyl (C=O) groups is 1. The van der Waals surface area contributed by atoms with Crippen molar-refractivity contribution in [3.05, 3.63) is 46.0 Å². The molecular formula is C20H26ClN3O3S. The van der Waals surface area contributed by atoms with Crippen molar-refractivity contribution < 1.29 is 15.0 Å². The quantitative estimate of drug-likeness (QED) is 0.704. The molecule has 0 radical (unpaired) electrons. The molecule has 1 amide bonds. The van der Waals surface area contributed by atoms with Crippen LogP contribution in [0.3, 0.4) is 0 Å². The van der Waals surface area contributed by atoms with Gasteiger partial charge >= 0.3 is 0 Å². The van der Waals surface area contributed by atoms with Gasteiger partial charge in [-0.2, -0.15) is 4.37 Å². The third kappa shape index (κ3) is 4.39. The van der Waals surface area contributed by atoms with Crippen LogP contribution in [-0.4, -0.2) is 45.0 Å². The number of aliphatic hydroxyl groups excluding tert-OH is 1. The Bertz CT molecular complexity index is 849. The van der Waals surface area contributed by atoms with Gasteiger partial charge in [-0.05, 0) is 61.0 Å². The molecule has 1 saturated heterocycles. The summed E-state index contributed by atoms with van der Waals surface area (Å²) in [7, 11) is 0. The molecule has 2 aliphatic heterocycles. The van der Waals surface area contributed by atoms with Crippen LogP contribution in [0.1, 0.15) is 47.1 Å². The molecule has 2 aromatic rings. The zero-order valence-corrected chi connectivity index (χ0v) is 17.5. The van der Waals surface area contributed by atoms with Crippen molar-refractivity contribution >= 4 is 35.5 Å². The molecule has 0 saturated carbocycles. The van der Waals surface area contributed by atoms with Crippen molar-refractivity contribution in [2.75, 3.05) is 25.0 Å². The van der Waals surface area contributed by atoms with E-state index in [0.717, 1.165) is 40.5 Å². The lowest BCUT2D eigenvalue weighted by Gasteiger charge is -2.38. The number of amides is 1. The number of hydrogen-bond donors (Lipinski definition) is 3. The first-order valence-electron chi connectivity index (χ1n) is 9.42. The molecule has 0 bridgehead atoms. The number of nitrogens with zero attached hydrogens (tertiary/aromatic N) is 2. The smallest absolute Gasteiger partial charge is 0.224 e. The minimum atomic E-state index is -0.794. The van der Waals surface area contributed by atoms with Gasteiger partial charge in [0.1, 0.15) is 5.60 Å². The Morgan fingerprint density at radius 3 is 2.71 bits per heavy atom. The SMILES string of the molecule is Cc1cc(C2(O)CCN(CC(O)c3ccc4c(c3)CCC(=O)N4)CC2)sn1.Cl. The van der Waals surface area contributed by atoms with Gasteiger partial charge in [0.2, 0.25) is 5.91 Å². The zero-order valence-electron chi connectivity index (χ0n) is 15.9. The summed E-state index contributed by atoms with van der Waals surface area (Å²) in [5.74, 6) is 0.0488. The number of anilines is 1. The fourth-order valence-electron chi connectivity index (χ4n) is 3.90. The minimum Gasteiger partial charge on any atom is -0.387 e. The van der Waals surface area contributed by atoms with Crippen LogP contribution < -0.4 is 5.32 Å². The van der Waals surface area contributed by atoms with Gasteiger partial charge in [0.05, 0.1) is 16.7 Å². The minimum absolute atomic E-state index is 0. The van der Waals surface area contributed by atoms with Crippen LogP contribution in [0.5, 0.6) is 0 Å². The van der Waals surface area contributed by atoms with E-state index in [0.29, 0.717) is 32.2 Å². The van der Waals surface area contributed by atoms with Crippen LogP contribution in [0.15, 0.2) is 24.3 Å². The largest absolute Gasteiger partial charge is 0.387 e. The number of piperidine rings is 1. The summed E-state index contributed by atoms with van der Waals surface area (Å²) < 4.78 is 4.29. The normalized spacial score (nSPS) is 20.0. The predicted molar refractivity (Wildman–Crippen MR) is 112 cm³/mol. The number of halogens is 1. The number of nitrogens with one attached hydrogen (secondary N) is 1. The number of benzene rings is 1. The molecule has 2 aliphatic rings. The monoisotopic (exact) mass is 423 g/mol. The molecule has 8 heteroatoms. The lowest BCUT2D eigenvalue weighted by molar-refractivity contribution is -0.116. The van der Waals surface area contributed by atoms with Gasteiger partial charge in [0.25, 0.3) is 0 Å². The van der Waals surface area contributed by atoms with Gasteiger partial charge in [-0.1, -0.05) is 12.1 Å². The van der Waals surface area contributed by atoms with E-state index >= 15 is 0 Å². The van der Waals surface area contributed by atoms with E-state index in [1.807, 2.05) is 31.2 Å². The lowest BCUT2D eigenvalue weighted by Crippen LogP contribution is -2.43. The number of fused-ring (bicyclic) bond motifs is 1. The van der Waals surface area contributed by atoms with Crippen molar-refractivity contribution in [1.82, 2.24) is 9.27 Å². The zero-order chi connectivity index (χ0) is 19.0. The van der Waals surface area contributed by atoms with Gasteiger partial charge in [0.15, 0.2) is 0 Å². The summed E-state index contributed by atoms with van der Waals surface area (Å²) in [6.07, 6.45) is 1.93. The maximum atomic E-state index is 11.5. The average molecular weight is 424 g/mol. The third-order valence-electron chi connectivity index (χ3n) is 5.61. The molecule has 1 aromatic carbocycles. The Balaban J connectivity index is 0.00000225. The fraction of sp³-hybridized carbons (Fsp3) is 0.500. The number of likely N-dealkylation sites (tertiary alicyclic amines) is 1. The average Bonchev–Trinajstić information content (AvgIpc) is 3.10. The van der Waals surface area contributed by atoms with Gasteiger partial charge in [0, 0.05) is 31.7 Å². The second kappa shape index (κ2) is 8.47. The van der Waals surface area contributed by atoms with Gasteiger partial charge in [-0.3, -0.25) is 4.79 Å². The maximum absolute atomic E-state index is 11.5. The van der Waals surface area contributed by atoms with Crippen molar-refractivity contribution in [3.63, 3.8) is 0 Å². The lowest BCUT2D eigenvalue weighted by atomic mass is 9.89. The molecule has 1 aromatic heterocycles. The van der Waals surface area contributed by atoms with Crippen LogP contribution >= 0.6 is 23.9 Å². The van der Waals surface area contributed by atoms with Crippen LogP contribution in [-0.2, 0) is 16.8 Å². The third-order valence-corrected chi connectivity index (χ3v) is 6.68. The van der Waals surface area contributed by atoms with Crippen molar-refractivity contribution in [1.29, 1.82) is 0 Å². The highest BCUT2D eigenvalue weighted by Crippen LogP contribution is 2.36. The van der Waals surface area contributed by atoms with Gasteiger partial charge in [-0.25, -0.2) is 0 Å². The van der Waals surface area contributed by atoms with E-state index in [4.69, 9.17) is 0 Å². The molecule has 6 nitrogen and oxygen atoms in total. The van der Waals surface area contributed by atoms with E-state index in [1.54, 1.807) is 0 Å². The molecule has 0 aliphatic carbocycles. The fourth-order valence-corrected chi connectivity index (χ4v) is 4.79. The number of aliphatic hydroxyl groups is 2. The standard InChI is InChI=1S/C20H25N3O3S.ClH/c1-13-10-18(27-22-13)20(26)6-8-23(9-7-20)12-17(24)15-2-4-16-14(11-15)3-5-19(25)21-16;/h2,4,10-11,17,24,26H,3,5-9,12H2,1H3,(H,21,25);1H. The molecule has 1 atom stereocenters. The first-order chi connectivity index (χ1) is 12.9. The summed E-state index contributed by atoms with van der Waals surface area (Å²) in [6, 6.07) is 7.74. The Hall–Kier alpha value is -1.51. The Morgan fingerprint density at radius 1 is 1.29 bits per heavy atom. The van der Waals surface area contributed by atoms with Crippen LogP contribution in [0.25, 0.3) is 0 Å². The number of aromatic nitrogens is 1. The first kappa shape index (κ1) is 21.2. The Kier molecular flexibility index (Phi) is 6.41. The van der Waals surface area contributed by atoms with E-state index < -0.39 is 11.7 Å². The topological polar surface area (TPSA) is 85.7 Å².